The Balaban J connectivity index is 1.92. The van der Waals surface area contributed by atoms with Crippen molar-refractivity contribution in [3.8, 4) is 0 Å². The molecule has 3 heteroatoms. The van der Waals surface area contributed by atoms with Crippen LogP contribution in [0, 0.1) is 0 Å². The molecule has 1 fully saturated rings. The second-order valence-corrected chi connectivity index (χ2v) is 16.2. The molecule has 0 unspecified atom stereocenters. The number of unbranched alkanes of at least 4 members (excludes halogenated alkanes) is 26. The normalized spacial score (nSPS) is 15.8. The average molecular weight is 622 g/mol. The summed E-state index contributed by atoms with van der Waals surface area (Å²) in [4.78, 5) is 2.77. The quantitative estimate of drug-likeness (QED) is 0.0520. The minimum Gasteiger partial charge on any atom is -0.327 e. The predicted molar refractivity (Wildman–Crippen MR) is 200 cm³/mol. The van der Waals surface area contributed by atoms with E-state index in [0.29, 0.717) is 0 Å². The summed E-state index contributed by atoms with van der Waals surface area (Å²) in [6.07, 6.45) is 40.8. The van der Waals surface area contributed by atoms with Gasteiger partial charge < -0.3 is 8.97 Å². The first-order valence-corrected chi connectivity index (χ1v) is 20.8. The molecule has 0 radical (unpaired) electrons. The maximum absolute atomic E-state index is 2.77. The standard InChI is InChI=1S/C41H87N3/c1-6-8-10-12-14-16-18-20-22-24-26-28-30-32-37-43(3,4)39-34-42-35-40-44(5,41-36-42)38-33-31-29-27-25-23-21-19-17-15-13-11-9-7-2/h6-41H2,1-5H3/q+2. The molecule has 1 aliphatic heterocycles. The molecule has 1 rings (SSSR count). The van der Waals surface area contributed by atoms with Gasteiger partial charge in [0.15, 0.2) is 0 Å². The van der Waals surface area contributed by atoms with Crippen LogP contribution in [0.4, 0.5) is 0 Å². The Hall–Kier alpha value is -0.120. The van der Waals surface area contributed by atoms with E-state index < -0.39 is 0 Å². The summed E-state index contributed by atoms with van der Waals surface area (Å²) in [6.45, 7) is 15.4. The zero-order chi connectivity index (χ0) is 32.0. The number of likely N-dealkylation sites (N-methyl/N-ethyl adjacent to an activating group) is 2. The van der Waals surface area contributed by atoms with Gasteiger partial charge in [-0.05, 0) is 25.7 Å². The van der Waals surface area contributed by atoms with Crippen molar-refractivity contribution in [1.29, 1.82) is 0 Å². The Labute approximate surface area is 280 Å². The van der Waals surface area contributed by atoms with E-state index in [9.17, 15) is 0 Å². The molecule has 264 valence electrons. The summed E-state index contributed by atoms with van der Waals surface area (Å²) in [5.74, 6) is 0. The molecule has 0 saturated carbocycles. The molecular weight excluding hydrogens is 534 g/mol. The number of hydrogen-bond acceptors (Lipinski definition) is 1. The van der Waals surface area contributed by atoms with Gasteiger partial charge in [0, 0.05) is 19.6 Å². The van der Waals surface area contributed by atoms with E-state index in [4.69, 9.17) is 0 Å². The van der Waals surface area contributed by atoms with Gasteiger partial charge in [0.1, 0.15) is 0 Å². The van der Waals surface area contributed by atoms with Crippen molar-refractivity contribution in [1.82, 2.24) is 4.90 Å². The smallest absolute Gasteiger partial charge is 0.0914 e. The lowest BCUT2D eigenvalue weighted by molar-refractivity contribution is -0.914. The van der Waals surface area contributed by atoms with Crippen LogP contribution in [0.1, 0.15) is 194 Å². The Bertz CT molecular complexity index is 580. The lowest BCUT2D eigenvalue weighted by Crippen LogP contribution is -2.58. The molecule has 0 atom stereocenters. The number of piperazine rings is 1. The largest absolute Gasteiger partial charge is 0.327 e. The van der Waals surface area contributed by atoms with Gasteiger partial charge in [-0.1, -0.05) is 168 Å². The minimum atomic E-state index is 1.21. The Morgan fingerprint density at radius 1 is 0.432 bits per heavy atom. The first-order chi connectivity index (χ1) is 21.4. The average Bonchev–Trinajstić information content (AvgIpc) is 3.01. The number of nitrogens with zero attached hydrogens (tertiary/aromatic N) is 3. The van der Waals surface area contributed by atoms with Crippen LogP contribution < -0.4 is 0 Å². The third kappa shape index (κ3) is 26.0. The lowest BCUT2D eigenvalue weighted by atomic mass is 10.0. The summed E-state index contributed by atoms with van der Waals surface area (Å²) in [6, 6.07) is 0. The van der Waals surface area contributed by atoms with Crippen molar-refractivity contribution in [3.63, 3.8) is 0 Å². The molecule has 3 nitrogen and oxygen atoms in total. The lowest BCUT2D eigenvalue weighted by Gasteiger charge is -2.43. The molecule has 1 saturated heterocycles. The molecule has 0 bridgehead atoms. The second-order valence-electron chi connectivity index (χ2n) is 16.2. The van der Waals surface area contributed by atoms with Gasteiger partial charge in [-0.25, -0.2) is 0 Å². The van der Waals surface area contributed by atoms with Crippen molar-refractivity contribution in [2.24, 2.45) is 0 Å². The van der Waals surface area contributed by atoms with Gasteiger partial charge in [-0.15, -0.1) is 0 Å². The van der Waals surface area contributed by atoms with E-state index in [0.717, 1.165) is 0 Å². The predicted octanol–water partition coefficient (Wildman–Crippen LogP) is 11.8. The van der Waals surface area contributed by atoms with Gasteiger partial charge in [0.05, 0.1) is 53.9 Å². The number of quaternary nitrogens is 2. The summed E-state index contributed by atoms with van der Waals surface area (Å²) in [7, 11) is 7.49. The van der Waals surface area contributed by atoms with Crippen LogP contribution in [0.25, 0.3) is 0 Å². The van der Waals surface area contributed by atoms with Crippen molar-refractivity contribution in [2.75, 3.05) is 73.5 Å². The van der Waals surface area contributed by atoms with Crippen LogP contribution in [-0.4, -0.2) is 87.4 Å². The second kappa shape index (κ2) is 29.1. The topological polar surface area (TPSA) is 3.24 Å². The summed E-state index contributed by atoms with van der Waals surface area (Å²) in [5.41, 5.74) is 0. The highest BCUT2D eigenvalue weighted by Gasteiger charge is 2.29. The van der Waals surface area contributed by atoms with Gasteiger partial charge in [0.2, 0.25) is 0 Å². The van der Waals surface area contributed by atoms with Crippen LogP contribution in [0.2, 0.25) is 0 Å². The molecule has 0 aromatic carbocycles. The van der Waals surface area contributed by atoms with E-state index in [1.54, 1.807) is 0 Å². The molecule has 0 spiro atoms. The van der Waals surface area contributed by atoms with E-state index in [-0.39, 0.29) is 0 Å². The molecule has 44 heavy (non-hydrogen) atoms. The Morgan fingerprint density at radius 2 is 0.750 bits per heavy atom. The van der Waals surface area contributed by atoms with Gasteiger partial charge >= 0.3 is 0 Å². The summed E-state index contributed by atoms with van der Waals surface area (Å²) < 4.78 is 2.53. The zero-order valence-corrected chi connectivity index (χ0v) is 31.8. The third-order valence-electron chi connectivity index (χ3n) is 11.1. The molecule has 0 N–H and O–H groups in total. The van der Waals surface area contributed by atoms with E-state index >= 15 is 0 Å². The molecule has 0 aliphatic carbocycles. The van der Waals surface area contributed by atoms with Gasteiger partial charge in [-0.3, -0.25) is 4.90 Å². The third-order valence-corrected chi connectivity index (χ3v) is 11.1. The SMILES string of the molecule is CCCCCCCCCCCCCCCC[N+](C)(C)CCN1CC[N+](C)(CCCCCCCCCCCCCCCC)CC1. The highest BCUT2D eigenvalue weighted by molar-refractivity contribution is 4.64. The molecule has 0 aromatic heterocycles. The summed E-state index contributed by atoms with van der Waals surface area (Å²) >= 11 is 0. The van der Waals surface area contributed by atoms with Crippen molar-refractivity contribution < 1.29 is 8.97 Å². The highest BCUT2D eigenvalue weighted by atomic mass is 15.4. The fraction of sp³-hybridized carbons (Fsp3) is 1.00. The fourth-order valence-corrected chi connectivity index (χ4v) is 7.38. The molecule has 1 aliphatic rings. The molecular formula is C41H87N3+2. The Kier molecular flexibility index (Phi) is 27.7. The number of rotatable bonds is 33. The van der Waals surface area contributed by atoms with Crippen LogP contribution in [-0.2, 0) is 0 Å². The molecule has 0 aromatic rings. The minimum absolute atomic E-state index is 1.21. The van der Waals surface area contributed by atoms with E-state index in [1.165, 1.54) is 241 Å². The molecule has 0 amide bonds. The first-order valence-electron chi connectivity index (χ1n) is 20.8. The van der Waals surface area contributed by atoms with Crippen molar-refractivity contribution in [2.45, 2.75) is 194 Å². The van der Waals surface area contributed by atoms with Crippen LogP contribution in [0.15, 0.2) is 0 Å². The van der Waals surface area contributed by atoms with Crippen LogP contribution in [0.3, 0.4) is 0 Å². The maximum Gasteiger partial charge on any atom is 0.0914 e. The van der Waals surface area contributed by atoms with Crippen molar-refractivity contribution in [3.05, 3.63) is 0 Å². The van der Waals surface area contributed by atoms with Crippen LogP contribution >= 0.6 is 0 Å². The van der Waals surface area contributed by atoms with Gasteiger partial charge in [0.25, 0.3) is 0 Å². The zero-order valence-electron chi connectivity index (χ0n) is 31.8. The maximum atomic E-state index is 2.77. The first kappa shape index (κ1) is 41.9. The van der Waals surface area contributed by atoms with E-state index in [2.05, 4.69) is 39.9 Å². The van der Waals surface area contributed by atoms with Crippen molar-refractivity contribution >= 4 is 0 Å². The summed E-state index contributed by atoms with van der Waals surface area (Å²) in [5, 5.41) is 0. The number of hydrogen-bond donors (Lipinski definition) is 0. The Morgan fingerprint density at radius 3 is 1.11 bits per heavy atom. The molecule has 1 heterocycles. The van der Waals surface area contributed by atoms with E-state index in [1.807, 2.05) is 0 Å². The highest BCUT2D eigenvalue weighted by Crippen LogP contribution is 2.17. The monoisotopic (exact) mass is 622 g/mol. The van der Waals surface area contributed by atoms with Gasteiger partial charge in [-0.2, -0.15) is 0 Å². The fourth-order valence-electron chi connectivity index (χ4n) is 7.38. The van der Waals surface area contributed by atoms with Crippen LogP contribution in [0.5, 0.6) is 0 Å².